The Morgan fingerprint density at radius 3 is 2.70 bits per heavy atom. The maximum Gasteiger partial charge on any atom is 0.326 e. The van der Waals surface area contributed by atoms with Crippen LogP contribution < -0.4 is 4.90 Å². The second kappa shape index (κ2) is 8.93. The first-order valence-electron chi connectivity index (χ1n) is 9.72. The van der Waals surface area contributed by atoms with Crippen molar-refractivity contribution in [1.29, 1.82) is 0 Å². The molecule has 3 heterocycles. The number of carbonyl (C=O) groups excluding carboxylic acids is 2. The Labute approximate surface area is 184 Å². The third-order valence-electron chi connectivity index (χ3n) is 4.99. The minimum atomic E-state index is -0.0915. The smallest absolute Gasteiger partial charge is 0.318 e. The van der Waals surface area contributed by atoms with E-state index >= 15 is 0 Å². The van der Waals surface area contributed by atoms with E-state index in [1.54, 1.807) is 16.0 Å². The fourth-order valence-corrected chi connectivity index (χ4v) is 4.55. The molecule has 0 radical (unpaired) electrons. The molecule has 0 aliphatic carbocycles. The molecule has 1 aromatic carbocycles. The molecular weight excluding hydrogens is 420 g/mol. The van der Waals surface area contributed by atoms with Crippen LogP contribution in [0, 0.1) is 6.92 Å². The summed E-state index contributed by atoms with van der Waals surface area (Å²) in [6.07, 6.45) is 2.69. The van der Waals surface area contributed by atoms with Crippen molar-refractivity contribution in [3.05, 3.63) is 75.5 Å². The molecule has 1 fully saturated rings. The maximum absolute atomic E-state index is 12.9. The predicted octanol–water partition coefficient (Wildman–Crippen LogP) is 4.76. The van der Waals surface area contributed by atoms with E-state index in [0.29, 0.717) is 53.2 Å². The van der Waals surface area contributed by atoms with Crippen molar-refractivity contribution in [3.63, 3.8) is 0 Å². The van der Waals surface area contributed by atoms with Gasteiger partial charge in [-0.3, -0.25) is 14.7 Å². The lowest BCUT2D eigenvalue weighted by atomic mass is 10.1. The van der Waals surface area contributed by atoms with Crippen molar-refractivity contribution < 1.29 is 9.59 Å². The molecule has 2 amide bonds. The maximum atomic E-state index is 12.9. The minimum Gasteiger partial charge on any atom is -0.318 e. The zero-order valence-corrected chi connectivity index (χ0v) is 18.1. The number of thiazole rings is 1. The highest BCUT2D eigenvalue weighted by molar-refractivity contribution is 7.17. The fourth-order valence-electron chi connectivity index (χ4n) is 3.37. The molecule has 0 bridgehead atoms. The predicted molar refractivity (Wildman–Crippen MR) is 118 cm³/mol. The van der Waals surface area contributed by atoms with E-state index in [-0.39, 0.29) is 11.8 Å². The summed E-state index contributed by atoms with van der Waals surface area (Å²) >= 11 is 7.23. The number of hydrogen-bond acceptors (Lipinski definition) is 5. The Morgan fingerprint density at radius 2 is 1.97 bits per heavy atom. The number of hydrogen-bond donors (Lipinski definition) is 0. The average molecular weight is 441 g/mol. The Morgan fingerprint density at radius 1 is 1.17 bits per heavy atom. The Kier molecular flexibility index (Phi) is 6.11. The van der Waals surface area contributed by atoms with E-state index in [4.69, 9.17) is 11.6 Å². The van der Waals surface area contributed by atoms with E-state index in [0.717, 1.165) is 11.3 Å². The molecular formula is C22H21ClN4O2S. The number of amides is 2. The van der Waals surface area contributed by atoms with Crippen LogP contribution in [0.4, 0.5) is 9.93 Å². The summed E-state index contributed by atoms with van der Waals surface area (Å²) in [6.45, 7) is 3.51. The van der Waals surface area contributed by atoms with Gasteiger partial charge in [0, 0.05) is 43.0 Å². The topological polar surface area (TPSA) is 66.4 Å². The molecule has 1 aliphatic rings. The molecule has 0 unspecified atom stereocenters. The van der Waals surface area contributed by atoms with Gasteiger partial charge in [-0.25, -0.2) is 9.78 Å². The summed E-state index contributed by atoms with van der Waals surface area (Å²) in [5, 5.41) is 1.25. The number of urea groups is 1. The number of benzene rings is 1. The monoisotopic (exact) mass is 440 g/mol. The van der Waals surface area contributed by atoms with Gasteiger partial charge in [0.2, 0.25) is 0 Å². The number of halogens is 1. The molecule has 154 valence electrons. The summed E-state index contributed by atoms with van der Waals surface area (Å²) in [5.41, 5.74) is 2.58. The Balaban J connectivity index is 1.41. The van der Waals surface area contributed by atoms with Gasteiger partial charge in [-0.15, -0.1) is 0 Å². The summed E-state index contributed by atoms with van der Waals surface area (Å²) in [6, 6.07) is 13.1. The van der Waals surface area contributed by atoms with E-state index in [2.05, 4.69) is 9.97 Å². The molecule has 30 heavy (non-hydrogen) atoms. The molecule has 0 spiro atoms. The van der Waals surface area contributed by atoms with Crippen molar-refractivity contribution in [2.75, 3.05) is 18.0 Å². The molecule has 6 nitrogen and oxygen atoms in total. The first kappa shape index (κ1) is 20.5. The van der Waals surface area contributed by atoms with Gasteiger partial charge in [0.05, 0.1) is 10.6 Å². The lowest BCUT2D eigenvalue weighted by Gasteiger charge is -2.17. The summed E-state index contributed by atoms with van der Waals surface area (Å²) in [4.78, 5) is 38.4. The molecule has 4 rings (SSSR count). The van der Waals surface area contributed by atoms with Gasteiger partial charge in [-0.05, 0) is 43.2 Å². The number of aromatic nitrogens is 2. The minimum absolute atomic E-state index is 0.0339. The standard InChI is InChI=1S/C22H21ClN4O2S/c1-15-20(19(28)10-9-18-4-2-3-11-24-18)30-21(25-15)27-13-12-26(22(27)29)14-16-5-7-17(23)8-6-16/h2-8,11H,9-10,12-14H2,1H3. The highest BCUT2D eigenvalue weighted by Crippen LogP contribution is 2.30. The van der Waals surface area contributed by atoms with Gasteiger partial charge in [-0.2, -0.15) is 0 Å². The third-order valence-corrected chi connectivity index (χ3v) is 6.46. The van der Waals surface area contributed by atoms with Gasteiger partial charge in [0.25, 0.3) is 0 Å². The van der Waals surface area contributed by atoms with Crippen molar-refractivity contribution in [2.24, 2.45) is 0 Å². The summed E-state index contributed by atoms with van der Waals surface area (Å²) in [5.74, 6) is 0.0339. The molecule has 1 aliphatic heterocycles. The van der Waals surface area contributed by atoms with Crippen LogP contribution in [0.1, 0.15) is 33.0 Å². The first-order chi connectivity index (χ1) is 14.5. The lowest BCUT2D eigenvalue weighted by Crippen LogP contribution is -2.31. The first-order valence-corrected chi connectivity index (χ1v) is 10.9. The number of rotatable bonds is 7. The van der Waals surface area contributed by atoms with E-state index in [1.165, 1.54) is 11.3 Å². The van der Waals surface area contributed by atoms with Gasteiger partial charge >= 0.3 is 6.03 Å². The number of aryl methyl sites for hydroxylation is 2. The highest BCUT2D eigenvalue weighted by Gasteiger charge is 2.32. The summed E-state index contributed by atoms with van der Waals surface area (Å²) in [7, 11) is 0. The second-order valence-corrected chi connectivity index (χ2v) is 8.55. The van der Waals surface area contributed by atoms with Crippen LogP contribution in [-0.4, -0.2) is 39.8 Å². The normalized spacial score (nSPS) is 13.9. The molecule has 0 N–H and O–H groups in total. The van der Waals surface area contributed by atoms with Crippen molar-refractivity contribution in [1.82, 2.24) is 14.9 Å². The molecule has 0 saturated carbocycles. The second-order valence-electron chi connectivity index (χ2n) is 7.14. The summed E-state index contributed by atoms with van der Waals surface area (Å²) < 4.78 is 0. The quantitative estimate of drug-likeness (QED) is 0.497. The SMILES string of the molecule is Cc1nc(N2CCN(Cc3ccc(Cl)cc3)C2=O)sc1C(=O)CCc1ccccn1. The van der Waals surface area contributed by atoms with E-state index in [9.17, 15) is 9.59 Å². The average Bonchev–Trinajstić information content (AvgIpc) is 3.31. The van der Waals surface area contributed by atoms with Gasteiger partial charge < -0.3 is 4.90 Å². The van der Waals surface area contributed by atoms with Crippen LogP contribution in [0.25, 0.3) is 0 Å². The van der Waals surface area contributed by atoms with Gasteiger partial charge in [0.15, 0.2) is 10.9 Å². The zero-order valence-electron chi connectivity index (χ0n) is 16.5. The van der Waals surface area contributed by atoms with Crippen LogP contribution >= 0.6 is 22.9 Å². The number of pyridine rings is 1. The molecule has 1 saturated heterocycles. The number of anilines is 1. The van der Waals surface area contributed by atoms with E-state index in [1.807, 2.05) is 49.4 Å². The number of nitrogens with zero attached hydrogens (tertiary/aromatic N) is 4. The fraction of sp³-hybridized carbons (Fsp3) is 0.273. The van der Waals surface area contributed by atoms with Gasteiger partial charge in [0.1, 0.15) is 0 Å². The van der Waals surface area contributed by atoms with Crippen LogP contribution in [0.2, 0.25) is 5.02 Å². The van der Waals surface area contributed by atoms with Crippen LogP contribution in [-0.2, 0) is 13.0 Å². The zero-order chi connectivity index (χ0) is 21.1. The lowest BCUT2D eigenvalue weighted by molar-refractivity contribution is 0.0985. The van der Waals surface area contributed by atoms with Crippen molar-refractivity contribution >= 4 is 39.9 Å². The number of ketones is 1. The highest BCUT2D eigenvalue weighted by atomic mass is 35.5. The van der Waals surface area contributed by atoms with Gasteiger partial charge in [-0.1, -0.05) is 41.1 Å². The van der Waals surface area contributed by atoms with Crippen LogP contribution in [0.5, 0.6) is 0 Å². The Bertz CT molecular complexity index is 1050. The van der Waals surface area contributed by atoms with Crippen LogP contribution in [0.3, 0.4) is 0 Å². The Hall–Kier alpha value is -2.77. The number of Topliss-reactive ketones (excluding diaryl/α,β-unsaturated/α-hetero) is 1. The molecule has 2 aromatic heterocycles. The largest absolute Gasteiger partial charge is 0.326 e. The van der Waals surface area contributed by atoms with Crippen molar-refractivity contribution in [2.45, 2.75) is 26.3 Å². The molecule has 8 heteroatoms. The molecule has 0 atom stereocenters. The molecule has 3 aromatic rings. The van der Waals surface area contributed by atoms with E-state index < -0.39 is 0 Å². The third kappa shape index (κ3) is 4.52. The van der Waals surface area contributed by atoms with Crippen molar-refractivity contribution in [3.8, 4) is 0 Å². The number of carbonyl (C=O) groups is 2. The van der Waals surface area contributed by atoms with Crippen LogP contribution in [0.15, 0.2) is 48.7 Å².